The van der Waals surface area contributed by atoms with E-state index in [9.17, 15) is 18.3 Å². The molecule has 6 nitrogen and oxygen atoms in total. The Bertz CT molecular complexity index is 818. The van der Waals surface area contributed by atoms with Gasteiger partial charge in [-0.3, -0.25) is 4.79 Å². The molecule has 7 heteroatoms. The van der Waals surface area contributed by atoms with Crippen LogP contribution in [0.3, 0.4) is 0 Å². The van der Waals surface area contributed by atoms with Gasteiger partial charge in [0, 0.05) is 0 Å². The van der Waals surface area contributed by atoms with Crippen LogP contribution in [0.5, 0.6) is 5.75 Å². The molecule has 2 rings (SSSR count). The van der Waals surface area contributed by atoms with Gasteiger partial charge < -0.3 is 9.84 Å². The van der Waals surface area contributed by atoms with Gasteiger partial charge in [0.2, 0.25) is 10.0 Å². The highest BCUT2D eigenvalue weighted by Crippen LogP contribution is 2.21. The zero-order valence-corrected chi connectivity index (χ0v) is 14.2. The number of benzene rings is 2. The first-order valence-corrected chi connectivity index (χ1v) is 8.75. The van der Waals surface area contributed by atoms with E-state index >= 15 is 0 Å². The third-order valence-electron chi connectivity index (χ3n) is 3.55. The molecule has 128 valence electrons. The lowest BCUT2D eigenvalue weighted by Gasteiger charge is -2.15. The Balaban J connectivity index is 2.24. The minimum atomic E-state index is -3.96. The van der Waals surface area contributed by atoms with E-state index < -0.39 is 22.0 Å². The molecule has 0 aliphatic rings. The molecule has 2 aromatic rings. The summed E-state index contributed by atoms with van der Waals surface area (Å²) in [5.74, 6) is -0.666. The molecule has 0 amide bonds. The molecule has 1 atom stereocenters. The maximum atomic E-state index is 12.5. The highest BCUT2D eigenvalue weighted by molar-refractivity contribution is 7.89. The van der Waals surface area contributed by atoms with Crippen LogP contribution >= 0.6 is 0 Å². The molecule has 0 spiro atoms. The largest absolute Gasteiger partial charge is 0.496 e. The lowest BCUT2D eigenvalue weighted by Crippen LogP contribution is -2.42. The van der Waals surface area contributed by atoms with E-state index in [0.717, 1.165) is 5.56 Å². The minimum absolute atomic E-state index is 0.000103. The molecule has 0 fully saturated rings. The van der Waals surface area contributed by atoms with Crippen LogP contribution in [0.25, 0.3) is 0 Å². The summed E-state index contributed by atoms with van der Waals surface area (Å²) in [5.41, 5.74) is 1.38. The Labute approximate surface area is 141 Å². The van der Waals surface area contributed by atoms with Gasteiger partial charge in [0.15, 0.2) is 0 Å². The third kappa shape index (κ3) is 4.33. The van der Waals surface area contributed by atoms with E-state index in [4.69, 9.17) is 4.74 Å². The van der Waals surface area contributed by atoms with E-state index in [0.29, 0.717) is 11.3 Å². The van der Waals surface area contributed by atoms with Crippen molar-refractivity contribution in [2.24, 2.45) is 0 Å². The molecule has 0 heterocycles. The summed E-state index contributed by atoms with van der Waals surface area (Å²) in [5, 5.41) is 9.33. The zero-order chi connectivity index (χ0) is 17.7. The molecule has 0 aliphatic heterocycles. The van der Waals surface area contributed by atoms with Crippen LogP contribution in [0.2, 0.25) is 0 Å². The van der Waals surface area contributed by atoms with Crippen LogP contribution in [-0.2, 0) is 21.2 Å². The van der Waals surface area contributed by atoms with Gasteiger partial charge in [-0.2, -0.15) is 4.72 Å². The van der Waals surface area contributed by atoms with E-state index in [1.807, 2.05) is 6.07 Å². The van der Waals surface area contributed by atoms with Crippen molar-refractivity contribution < 1.29 is 23.1 Å². The number of hydrogen-bond donors (Lipinski definition) is 2. The standard InChI is InChI=1S/C17H19NO5S/c1-12-10-14(8-9-16(12)23-2)24(21,22)18-15(17(19)20)11-13-6-4-3-5-7-13/h3-10,15,18H,11H2,1-2H3,(H,19,20)/t15-/m1/s1. The molecule has 0 bridgehead atoms. The van der Waals surface area contributed by atoms with Gasteiger partial charge in [-0.1, -0.05) is 30.3 Å². The smallest absolute Gasteiger partial charge is 0.322 e. The molecule has 0 aliphatic carbocycles. The van der Waals surface area contributed by atoms with Crippen molar-refractivity contribution in [2.75, 3.05) is 7.11 Å². The molecule has 2 aromatic carbocycles. The monoisotopic (exact) mass is 349 g/mol. The van der Waals surface area contributed by atoms with Crippen molar-refractivity contribution >= 4 is 16.0 Å². The van der Waals surface area contributed by atoms with Gasteiger partial charge in [0.25, 0.3) is 0 Å². The summed E-state index contributed by atoms with van der Waals surface area (Å²) >= 11 is 0. The van der Waals surface area contributed by atoms with Gasteiger partial charge in [-0.15, -0.1) is 0 Å². The first-order chi connectivity index (χ1) is 11.3. The van der Waals surface area contributed by atoms with E-state index in [1.165, 1.54) is 25.3 Å². The second-order valence-electron chi connectivity index (χ2n) is 5.33. The van der Waals surface area contributed by atoms with Gasteiger partial charge >= 0.3 is 5.97 Å². The van der Waals surface area contributed by atoms with E-state index in [2.05, 4.69) is 4.72 Å². The average Bonchev–Trinajstić information content (AvgIpc) is 2.55. The molecule has 24 heavy (non-hydrogen) atoms. The lowest BCUT2D eigenvalue weighted by atomic mass is 10.1. The fourth-order valence-corrected chi connectivity index (χ4v) is 3.58. The topological polar surface area (TPSA) is 92.7 Å². The molecule has 0 radical (unpaired) electrons. The van der Waals surface area contributed by atoms with Crippen molar-refractivity contribution in [3.8, 4) is 5.75 Å². The van der Waals surface area contributed by atoms with Gasteiger partial charge in [-0.05, 0) is 42.7 Å². The quantitative estimate of drug-likeness (QED) is 0.797. The van der Waals surface area contributed by atoms with Crippen LogP contribution < -0.4 is 9.46 Å². The predicted octanol–water partition coefficient (Wildman–Crippen LogP) is 1.98. The Hall–Kier alpha value is -2.38. The Kier molecular flexibility index (Phi) is 5.58. The van der Waals surface area contributed by atoms with Crippen LogP contribution in [-0.4, -0.2) is 32.6 Å². The number of nitrogens with one attached hydrogen (secondary N) is 1. The fourth-order valence-electron chi connectivity index (χ4n) is 2.30. The Morgan fingerprint density at radius 1 is 1.21 bits per heavy atom. The first-order valence-electron chi connectivity index (χ1n) is 7.27. The molecular weight excluding hydrogens is 330 g/mol. The first kappa shape index (κ1) is 18.0. The van der Waals surface area contributed by atoms with Crippen molar-refractivity contribution in [1.29, 1.82) is 0 Å². The summed E-state index contributed by atoms with van der Waals surface area (Å²) in [6.45, 7) is 1.72. The number of aryl methyl sites for hydroxylation is 1. The molecule has 0 unspecified atom stereocenters. The summed E-state index contributed by atoms with van der Waals surface area (Å²) in [6, 6.07) is 12.0. The minimum Gasteiger partial charge on any atom is -0.496 e. The van der Waals surface area contributed by atoms with E-state index in [1.54, 1.807) is 31.2 Å². The number of aliphatic carboxylic acids is 1. The van der Waals surface area contributed by atoms with Gasteiger partial charge in [0.05, 0.1) is 12.0 Å². The molecule has 2 N–H and O–H groups in total. The van der Waals surface area contributed by atoms with Crippen LogP contribution in [0, 0.1) is 6.92 Å². The van der Waals surface area contributed by atoms with E-state index in [-0.39, 0.29) is 11.3 Å². The SMILES string of the molecule is COc1ccc(S(=O)(=O)N[C@H](Cc2ccccc2)C(=O)O)cc1C. The second kappa shape index (κ2) is 7.46. The predicted molar refractivity (Wildman–Crippen MR) is 89.6 cm³/mol. The van der Waals surface area contributed by atoms with Crippen LogP contribution in [0.15, 0.2) is 53.4 Å². The number of methoxy groups -OCH3 is 1. The summed E-state index contributed by atoms with van der Waals surface area (Å²) in [6.07, 6.45) is 0.0601. The number of carboxylic acids is 1. The average molecular weight is 349 g/mol. The summed E-state index contributed by atoms with van der Waals surface area (Å²) < 4.78 is 32.3. The fraction of sp³-hybridized carbons (Fsp3) is 0.235. The van der Waals surface area contributed by atoms with Crippen molar-refractivity contribution in [3.05, 3.63) is 59.7 Å². The van der Waals surface area contributed by atoms with Crippen molar-refractivity contribution in [3.63, 3.8) is 0 Å². The number of ether oxygens (including phenoxy) is 1. The highest BCUT2D eigenvalue weighted by atomic mass is 32.2. The Morgan fingerprint density at radius 2 is 1.88 bits per heavy atom. The third-order valence-corrected chi connectivity index (χ3v) is 5.02. The number of hydrogen-bond acceptors (Lipinski definition) is 4. The maximum Gasteiger partial charge on any atom is 0.322 e. The van der Waals surface area contributed by atoms with Gasteiger partial charge in [-0.25, -0.2) is 8.42 Å². The van der Waals surface area contributed by atoms with Crippen LogP contribution in [0.4, 0.5) is 0 Å². The number of sulfonamides is 1. The highest BCUT2D eigenvalue weighted by Gasteiger charge is 2.26. The maximum absolute atomic E-state index is 12.5. The molecule has 0 saturated carbocycles. The molecular formula is C17H19NO5S. The van der Waals surface area contributed by atoms with Crippen molar-refractivity contribution in [1.82, 2.24) is 4.72 Å². The second-order valence-corrected chi connectivity index (χ2v) is 7.05. The number of carboxylic acid groups (broad SMARTS) is 1. The molecule has 0 saturated heterocycles. The number of rotatable bonds is 7. The summed E-state index contributed by atoms with van der Waals surface area (Å²) in [4.78, 5) is 11.4. The van der Waals surface area contributed by atoms with Crippen molar-refractivity contribution in [2.45, 2.75) is 24.3 Å². The zero-order valence-electron chi connectivity index (χ0n) is 13.4. The molecule has 0 aromatic heterocycles. The van der Waals surface area contributed by atoms with Gasteiger partial charge in [0.1, 0.15) is 11.8 Å². The lowest BCUT2D eigenvalue weighted by molar-refractivity contribution is -0.138. The number of carbonyl (C=O) groups is 1. The Morgan fingerprint density at radius 3 is 2.42 bits per heavy atom. The van der Waals surface area contributed by atoms with Crippen LogP contribution in [0.1, 0.15) is 11.1 Å². The summed E-state index contributed by atoms with van der Waals surface area (Å²) in [7, 11) is -2.46. The normalized spacial score (nSPS) is 12.6.